The first-order chi connectivity index (χ1) is 6.34. The van der Waals surface area contributed by atoms with E-state index in [2.05, 4.69) is 40.7 Å². The fourth-order valence-electron chi connectivity index (χ4n) is 2.20. The van der Waals surface area contributed by atoms with E-state index in [1.807, 2.05) is 0 Å². The van der Waals surface area contributed by atoms with Gasteiger partial charge in [-0.1, -0.05) is 11.6 Å². The maximum Gasteiger partial charge on any atom is 0.203 e. The summed E-state index contributed by atoms with van der Waals surface area (Å²) < 4.78 is 4.69. The number of nitrogens with zero attached hydrogens (tertiary/aromatic N) is 2. The molecule has 0 amide bonds. The van der Waals surface area contributed by atoms with Crippen LogP contribution in [0.2, 0.25) is 0 Å². The number of hydrogen-bond acceptors (Lipinski definition) is 0. The van der Waals surface area contributed by atoms with Crippen LogP contribution in [-0.4, -0.2) is 4.68 Å². The summed E-state index contributed by atoms with van der Waals surface area (Å²) in [4.78, 5) is 0. The second-order valence-corrected chi connectivity index (χ2v) is 3.83. The molecule has 0 bridgehead atoms. The van der Waals surface area contributed by atoms with Gasteiger partial charge in [-0.3, -0.25) is 0 Å². The highest BCUT2D eigenvalue weighted by molar-refractivity contribution is 5.78. The van der Waals surface area contributed by atoms with Gasteiger partial charge in [-0.2, -0.15) is 4.68 Å². The summed E-state index contributed by atoms with van der Waals surface area (Å²) in [6.45, 7) is 4.49. The Labute approximate surface area is 77.4 Å². The molecular weight excluding hydrogens is 160 g/mol. The quantitative estimate of drug-likeness (QED) is 0.535. The molecule has 1 aromatic carbocycles. The van der Waals surface area contributed by atoms with Gasteiger partial charge in [0.2, 0.25) is 6.20 Å². The van der Waals surface area contributed by atoms with Crippen molar-refractivity contribution in [3.8, 4) is 0 Å². The van der Waals surface area contributed by atoms with Crippen molar-refractivity contribution in [2.45, 2.75) is 26.4 Å². The summed E-state index contributed by atoms with van der Waals surface area (Å²) in [5.41, 5.74) is 2.72. The normalized spacial score (nSPS) is 15.2. The van der Waals surface area contributed by atoms with E-state index in [0.29, 0.717) is 0 Å². The minimum Gasteiger partial charge on any atom is -0.153 e. The van der Waals surface area contributed by atoms with E-state index >= 15 is 0 Å². The van der Waals surface area contributed by atoms with Gasteiger partial charge < -0.3 is 0 Å². The van der Waals surface area contributed by atoms with E-state index < -0.39 is 0 Å². The topological polar surface area (TPSA) is 8.81 Å². The molecule has 2 heterocycles. The maximum atomic E-state index is 2.37. The van der Waals surface area contributed by atoms with Gasteiger partial charge in [0.05, 0.1) is 11.9 Å². The zero-order chi connectivity index (χ0) is 8.84. The average Bonchev–Trinajstić information content (AvgIpc) is 2.62. The first kappa shape index (κ1) is 7.13. The zero-order valence-electron chi connectivity index (χ0n) is 7.83. The Hall–Kier alpha value is -1.31. The van der Waals surface area contributed by atoms with Crippen LogP contribution in [0.1, 0.15) is 12.0 Å². The monoisotopic (exact) mass is 173 g/mol. The Morgan fingerprint density at radius 1 is 1.38 bits per heavy atom. The molecule has 0 fully saturated rings. The van der Waals surface area contributed by atoms with Crippen LogP contribution in [-0.2, 0) is 13.1 Å². The molecule has 0 spiro atoms. The number of benzene rings is 1. The van der Waals surface area contributed by atoms with E-state index in [4.69, 9.17) is 0 Å². The summed E-state index contributed by atoms with van der Waals surface area (Å²) >= 11 is 0. The fourth-order valence-corrected chi connectivity index (χ4v) is 2.20. The lowest BCUT2D eigenvalue weighted by Crippen LogP contribution is -2.35. The highest BCUT2D eigenvalue weighted by Gasteiger charge is 2.20. The molecule has 0 N–H and O–H groups in total. The third-order valence-corrected chi connectivity index (χ3v) is 2.82. The van der Waals surface area contributed by atoms with Crippen LogP contribution in [0.3, 0.4) is 0 Å². The zero-order valence-corrected chi connectivity index (χ0v) is 7.83. The number of aromatic nitrogens is 2. The Morgan fingerprint density at radius 3 is 3.23 bits per heavy atom. The van der Waals surface area contributed by atoms with E-state index in [9.17, 15) is 0 Å². The lowest BCUT2D eigenvalue weighted by Gasteiger charge is -1.93. The van der Waals surface area contributed by atoms with Crippen LogP contribution in [0.5, 0.6) is 0 Å². The first-order valence-corrected chi connectivity index (χ1v) is 4.84. The molecule has 2 aromatic rings. The van der Waals surface area contributed by atoms with Gasteiger partial charge in [0.25, 0.3) is 0 Å². The average molecular weight is 173 g/mol. The molecule has 0 saturated carbocycles. The van der Waals surface area contributed by atoms with Crippen LogP contribution < -0.4 is 4.68 Å². The minimum absolute atomic E-state index is 1.17. The van der Waals surface area contributed by atoms with E-state index in [1.54, 1.807) is 0 Å². The van der Waals surface area contributed by atoms with Crippen molar-refractivity contribution in [3.05, 3.63) is 30.0 Å². The van der Waals surface area contributed by atoms with Crippen molar-refractivity contribution < 1.29 is 4.68 Å². The van der Waals surface area contributed by atoms with E-state index in [-0.39, 0.29) is 0 Å². The molecule has 3 rings (SSSR count). The van der Waals surface area contributed by atoms with Crippen molar-refractivity contribution in [2.24, 2.45) is 0 Å². The third-order valence-electron chi connectivity index (χ3n) is 2.82. The molecule has 0 saturated heterocycles. The highest BCUT2D eigenvalue weighted by Crippen LogP contribution is 2.16. The van der Waals surface area contributed by atoms with E-state index in [1.165, 1.54) is 36.0 Å². The molecule has 2 nitrogen and oxygen atoms in total. The van der Waals surface area contributed by atoms with Gasteiger partial charge in [-0.15, -0.1) is 4.68 Å². The molecular formula is C11H13N2+. The molecule has 0 radical (unpaired) electrons. The predicted octanol–water partition coefficient (Wildman–Crippen LogP) is 1.64. The number of hydrogen-bond donors (Lipinski definition) is 0. The fraction of sp³-hybridized carbons (Fsp3) is 0.364. The van der Waals surface area contributed by atoms with Crippen molar-refractivity contribution >= 4 is 10.9 Å². The predicted molar refractivity (Wildman–Crippen MR) is 51.5 cm³/mol. The summed E-state index contributed by atoms with van der Waals surface area (Å²) in [7, 11) is 0. The third kappa shape index (κ3) is 0.916. The summed E-state index contributed by atoms with van der Waals surface area (Å²) in [5.74, 6) is 0. The van der Waals surface area contributed by atoms with Crippen LogP contribution in [0.4, 0.5) is 0 Å². The summed E-state index contributed by atoms with van der Waals surface area (Å²) in [6.07, 6.45) is 3.54. The van der Waals surface area contributed by atoms with Crippen LogP contribution in [0.25, 0.3) is 10.9 Å². The Kier molecular flexibility index (Phi) is 1.29. The SMILES string of the molecule is Cc1ccc2c(c1)c[n+]1n2CCC1. The van der Waals surface area contributed by atoms with Crippen molar-refractivity contribution in [1.29, 1.82) is 0 Å². The smallest absolute Gasteiger partial charge is 0.153 e. The molecule has 66 valence electrons. The molecule has 1 aliphatic rings. The molecule has 0 atom stereocenters. The second kappa shape index (κ2) is 2.34. The standard InChI is InChI=1S/C11H13N2/c1-9-3-4-11-10(7-9)8-12-5-2-6-13(11)12/h3-4,7-8H,2,5-6H2,1H3/q+1. The van der Waals surface area contributed by atoms with Crippen LogP contribution in [0.15, 0.2) is 24.4 Å². The van der Waals surface area contributed by atoms with Crippen molar-refractivity contribution in [1.82, 2.24) is 4.68 Å². The number of fused-ring (bicyclic) bond motifs is 3. The first-order valence-electron chi connectivity index (χ1n) is 4.84. The van der Waals surface area contributed by atoms with Gasteiger partial charge in [0.15, 0.2) is 6.54 Å². The Morgan fingerprint density at radius 2 is 2.31 bits per heavy atom. The molecule has 0 aliphatic carbocycles. The van der Waals surface area contributed by atoms with Crippen LogP contribution >= 0.6 is 0 Å². The van der Waals surface area contributed by atoms with E-state index in [0.717, 1.165) is 0 Å². The van der Waals surface area contributed by atoms with Crippen molar-refractivity contribution in [3.63, 3.8) is 0 Å². The summed E-state index contributed by atoms with van der Waals surface area (Å²) in [5, 5.41) is 1.37. The maximum absolute atomic E-state index is 2.37. The minimum atomic E-state index is 1.17. The van der Waals surface area contributed by atoms with Gasteiger partial charge in [-0.05, 0) is 19.1 Å². The number of rotatable bonds is 0. The number of aryl methyl sites for hydroxylation is 3. The molecule has 1 aliphatic heterocycles. The molecule has 1 aromatic heterocycles. The second-order valence-electron chi connectivity index (χ2n) is 3.83. The van der Waals surface area contributed by atoms with Gasteiger partial charge in [0, 0.05) is 6.42 Å². The van der Waals surface area contributed by atoms with Crippen LogP contribution in [0, 0.1) is 6.92 Å². The molecule has 2 heteroatoms. The van der Waals surface area contributed by atoms with Gasteiger partial charge in [0.1, 0.15) is 5.52 Å². The molecule has 0 unspecified atom stereocenters. The molecule has 13 heavy (non-hydrogen) atoms. The van der Waals surface area contributed by atoms with Gasteiger partial charge in [-0.25, -0.2) is 0 Å². The Bertz CT molecular complexity index is 468. The Balaban J connectivity index is 2.38. The summed E-state index contributed by atoms with van der Waals surface area (Å²) in [6, 6.07) is 6.68. The van der Waals surface area contributed by atoms with Gasteiger partial charge >= 0.3 is 0 Å². The lowest BCUT2D eigenvalue weighted by atomic mass is 10.2. The lowest BCUT2D eigenvalue weighted by molar-refractivity contribution is -0.755. The van der Waals surface area contributed by atoms with Crippen molar-refractivity contribution in [2.75, 3.05) is 0 Å². The largest absolute Gasteiger partial charge is 0.203 e. The highest BCUT2D eigenvalue weighted by atomic mass is 15.4.